The van der Waals surface area contributed by atoms with Crippen LogP contribution in [-0.4, -0.2) is 15.4 Å². The number of alkyl halides is 1. The molecule has 0 radical (unpaired) electrons. The van der Waals surface area contributed by atoms with Gasteiger partial charge in [-0.15, -0.1) is 0 Å². The van der Waals surface area contributed by atoms with E-state index in [1.54, 1.807) is 0 Å². The van der Waals surface area contributed by atoms with Gasteiger partial charge in [0.15, 0.2) is 0 Å². The van der Waals surface area contributed by atoms with Crippen LogP contribution in [0.15, 0.2) is 12.4 Å². The fourth-order valence-corrected chi connectivity index (χ4v) is 2.53. The number of hydrogen-bond acceptors (Lipinski definition) is 1. The molecule has 1 aromatic heterocycles. The van der Waals surface area contributed by atoms with E-state index in [0.717, 1.165) is 5.56 Å². The fraction of sp³-hybridized carbons (Fsp3) is 0.727. The van der Waals surface area contributed by atoms with Gasteiger partial charge in [0.05, 0.1) is 11.7 Å². The van der Waals surface area contributed by atoms with Gasteiger partial charge in [-0.25, -0.2) is 4.39 Å². The molecule has 3 saturated carbocycles. The zero-order valence-electron chi connectivity index (χ0n) is 9.05. The molecular weight excluding hydrogens is 179 g/mol. The van der Waals surface area contributed by atoms with Crippen LogP contribution < -0.4 is 0 Å². The lowest BCUT2D eigenvalue weighted by molar-refractivity contribution is -0.203. The lowest BCUT2D eigenvalue weighted by atomic mass is 9.47. The van der Waals surface area contributed by atoms with E-state index in [1.807, 2.05) is 37.8 Å². The topological polar surface area (TPSA) is 17.8 Å². The number of nitrogens with zero attached hydrogens (tertiary/aromatic N) is 2. The number of halogens is 1. The monoisotopic (exact) mass is 196 g/mol. The van der Waals surface area contributed by atoms with Crippen LogP contribution in [0.3, 0.4) is 0 Å². The Bertz CT molecular complexity index is 323. The fourth-order valence-electron chi connectivity index (χ4n) is 2.53. The Balaban J connectivity index is 0.000000354. The van der Waals surface area contributed by atoms with Crippen molar-refractivity contribution in [3.63, 3.8) is 0 Å². The molecule has 1 heterocycles. The van der Waals surface area contributed by atoms with Crippen LogP contribution in [0.25, 0.3) is 0 Å². The number of aryl methyl sites for hydroxylation is 1. The van der Waals surface area contributed by atoms with Gasteiger partial charge in [0.2, 0.25) is 0 Å². The van der Waals surface area contributed by atoms with Crippen molar-refractivity contribution >= 4 is 0 Å². The van der Waals surface area contributed by atoms with Crippen molar-refractivity contribution < 1.29 is 4.39 Å². The average molecular weight is 196 g/mol. The second-order valence-electron chi connectivity index (χ2n) is 4.37. The summed E-state index contributed by atoms with van der Waals surface area (Å²) < 4.78 is 15.1. The van der Waals surface area contributed by atoms with Gasteiger partial charge in [0, 0.05) is 25.5 Å². The van der Waals surface area contributed by atoms with Crippen molar-refractivity contribution in [2.75, 3.05) is 0 Å². The minimum absolute atomic E-state index is 0.0724. The van der Waals surface area contributed by atoms with Crippen LogP contribution in [-0.2, 0) is 5.54 Å². The largest absolute Gasteiger partial charge is 0.266 e. The molecule has 3 aliphatic carbocycles. The molecule has 4 rings (SSSR count). The first-order chi connectivity index (χ1) is 6.62. The molecule has 2 nitrogen and oxygen atoms in total. The summed E-state index contributed by atoms with van der Waals surface area (Å²) in [6.07, 6.45) is 5.90. The van der Waals surface area contributed by atoms with E-state index in [4.69, 9.17) is 0 Å². The molecule has 14 heavy (non-hydrogen) atoms. The van der Waals surface area contributed by atoms with Crippen LogP contribution in [0.2, 0.25) is 0 Å². The Morgan fingerprint density at radius 2 is 1.93 bits per heavy atom. The highest BCUT2D eigenvalue weighted by Crippen LogP contribution is 2.67. The summed E-state index contributed by atoms with van der Waals surface area (Å²) >= 11 is 0. The lowest BCUT2D eigenvalue weighted by Crippen LogP contribution is -2.70. The predicted molar refractivity (Wildman–Crippen MR) is 54.0 cm³/mol. The van der Waals surface area contributed by atoms with E-state index < -0.39 is 5.67 Å². The summed E-state index contributed by atoms with van der Waals surface area (Å²) in [7, 11) is 0. The molecule has 0 atom stereocenters. The SMILES string of the molecule is CC.Cc1cnn(C23CC(F)(C2)C3)c1. The maximum absolute atomic E-state index is 13.2. The van der Waals surface area contributed by atoms with Gasteiger partial charge in [-0.2, -0.15) is 5.10 Å². The molecule has 0 unspecified atom stereocenters. The Morgan fingerprint density at radius 1 is 1.36 bits per heavy atom. The first-order valence-corrected chi connectivity index (χ1v) is 5.33. The van der Waals surface area contributed by atoms with Crippen molar-refractivity contribution in [3.8, 4) is 0 Å². The van der Waals surface area contributed by atoms with E-state index in [0.29, 0.717) is 19.3 Å². The summed E-state index contributed by atoms with van der Waals surface area (Å²) in [5.74, 6) is 0. The van der Waals surface area contributed by atoms with E-state index in [1.165, 1.54) is 0 Å². The van der Waals surface area contributed by atoms with Crippen molar-refractivity contribution in [1.29, 1.82) is 0 Å². The third-order valence-electron chi connectivity index (χ3n) is 3.14. The van der Waals surface area contributed by atoms with Crippen LogP contribution in [0.1, 0.15) is 38.7 Å². The quantitative estimate of drug-likeness (QED) is 0.675. The molecule has 0 saturated heterocycles. The van der Waals surface area contributed by atoms with E-state index in [-0.39, 0.29) is 5.54 Å². The molecule has 0 amide bonds. The summed E-state index contributed by atoms with van der Waals surface area (Å²) in [5, 5.41) is 4.23. The van der Waals surface area contributed by atoms with Gasteiger partial charge in [0.25, 0.3) is 0 Å². The van der Waals surface area contributed by atoms with Crippen LogP contribution in [0, 0.1) is 6.92 Å². The second kappa shape index (κ2) is 2.81. The Morgan fingerprint density at radius 3 is 2.29 bits per heavy atom. The summed E-state index contributed by atoms with van der Waals surface area (Å²) in [5.41, 5.74) is 0.413. The lowest BCUT2D eigenvalue weighted by Gasteiger charge is -2.65. The molecule has 3 fully saturated rings. The highest BCUT2D eigenvalue weighted by Gasteiger charge is 2.70. The molecule has 0 aromatic carbocycles. The average Bonchev–Trinajstić information content (AvgIpc) is 2.48. The van der Waals surface area contributed by atoms with Gasteiger partial charge in [0.1, 0.15) is 5.67 Å². The Kier molecular flexibility index (Phi) is 1.95. The van der Waals surface area contributed by atoms with Crippen molar-refractivity contribution in [2.24, 2.45) is 0 Å². The molecule has 78 valence electrons. The molecule has 0 N–H and O–H groups in total. The first-order valence-electron chi connectivity index (χ1n) is 5.33. The molecule has 3 heteroatoms. The van der Waals surface area contributed by atoms with E-state index >= 15 is 0 Å². The van der Waals surface area contributed by atoms with Crippen molar-refractivity contribution in [2.45, 2.75) is 51.2 Å². The van der Waals surface area contributed by atoms with Gasteiger partial charge >= 0.3 is 0 Å². The summed E-state index contributed by atoms with van der Waals surface area (Å²) in [6.45, 7) is 6.01. The standard InChI is InChI=1S/C9H11FN2.C2H6/c1-7-2-11-12(3-7)9-4-8(10,5-9)6-9;1-2/h2-3H,4-6H2,1H3;1-2H3. The maximum Gasteiger partial charge on any atom is 0.118 e. The maximum atomic E-state index is 13.2. The van der Waals surface area contributed by atoms with Crippen LogP contribution >= 0.6 is 0 Å². The van der Waals surface area contributed by atoms with Crippen LogP contribution in [0.5, 0.6) is 0 Å². The Hall–Kier alpha value is -0.860. The molecule has 1 aromatic rings. The molecular formula is C11H17FN2. The normalized spacial score (nSPS) is 37.7. The number of hydrogen-bond donors (Lipinski definition) is 0. The third kappa shape index (κ3) is 1.11. The molecule has 2 bridgehead atoms. The minimum atomic E-state index is -0.820. The van der Waals surface area contributed by atoms with Crippen molar-refractivity contribution in [1.82, 2.24) is 9.78 Å². The smallest absolute Gasteiger partial charge is 0.118 e. The van der Waals surface area contributed by atoms with E-state index in [2.05, 4.69) is 5.10 Å². The highest BCUT2D eigenvalue weighted by atomic mass is 19.1. The minimum Gasteiger partial charge on any atom is -0.266 e. The zero-order chi connectivity index (χ0) is 10.4. The van der Waals surface area contributed by atoms with Gasteiger partial charge in [-0.1, -0.05) is 13.8 Å². The summed E-state index contributed by atoms with van der Waals surface area (Å²) in [4.78, 5) is 0. The number of rotatable bonds is 1. The summed E-state index contributed by atoms with van der Waals surface area (Å²) in [6, 6.07) is 0. The predicted octanol–water partition coefficient (Wildman–Crippen LogP) is 2.82. The van der Waals surface area contributed by atoms with E-state index in [9.17, 15) is 4.39 Å². The van der Waals surface area contributed by atoms with Crippen molar-refractivity contribution in [3.05, 3.63) is 18.0 Å². The Labute approximate surface area is 84.1 Å². The molecule has 3 aliphatic rings. The molecule has 0 spiro atoms. The molecule has 0 aliphatic heterocycles. The third-order valence-corrected chi connectivity index (χ3v) is 3.14. The van der Waals surface area contributed by atoms with Gasteiger partial charge in [-0.3, -0.25) is 4.68 Å². The first kappa shape index (κ1) is 9.69. The second-order valence-corrected chi connectivity index (χ2v) is 4.37. The number of aromatic nitrogens is 2. The van der Waals surface area contributed by atoms with Crippen LogP contribution in [0.4, 0.5) is 4.39 Å². The van der Waals surface area contributed by atoms with Gasteiger partial charge in [-0.05, 0) is 12.5 Å². The highest BCUT2D eigenvalue weighted by molar-refractivity contribution is 5.23. The van der Waals surface area contributed by atoms with Gasteiger partial charge < -0.3 is 0 Å². The zero-order valence-corrected chi connectivity index (χ0v) is 9.05.